The Labute approximate surface area is 82.5 Å². The average Bonchev–Trinajstić information content (AvgIpc) is 2.26. The van der Waals surface area contributed by atoms with Crippen molar-refractivity contribution in [2.45, 2.75) is 6.10 Å². The fraction of sp³-hybridized carbons (Fsp3) is 0.444. The molecule has 1 heterocycles. The molecular weight excluding hydrogens is 184 g/mol. The van der Waals surface area contributed by atoms with Crippen LogP contribution in [0, 0.1) is 0 Å². The van der Waals surface area contributed by atoms with E-state index in [0.717, 1.165) is 0 Å². The number of aliphatic hydroxyl groups is 1. The first-order valence-corrected chi connectivity index (χ1v) is 4.19. The SMILES string of the molecule is COc1ccnc(OC)c1[C@H](O)CN. The average molecular weight is 198 g/mol. The molecule has 1 atom stereocenters. The van der Waals surface area contributed by atoms with Crippen LogP contribution in [0.15, 0.2) is 12.3 Å². The lowest BCUT2D eigenvalue weighted by Gasteiger charge is -2.15. The molecule has 5 nitrogen and oxygen atoms in total. The zero-order valence-electron chi connectivity index (χ0n) is 8.23. The van der Waals surface area contributed by atoms with E-state index in [1.807, 2.05) is 0 Å². The fourth-order valence-corrected chi connectivity index (χ4v) is 1.20. The van der Waals surface area contributed by atoms with Gasteiger partial charge in [-0.15, -0.1) is 0 Å². The van der Waals surface area contributed by atoms with E-state index in [1.165, 1.54) is 14.2 Å². The normalized spacial score (nSPS) is 12.3. The van der Waals surface area contributed by atoms with Gasteiger partial charge in [-0.2, -0.15) is 0 Å². The monoisotopic (exact) mass is 198 g/mol. The van der Waals surface area contributed by atoms with E-state index in [1.54, 1.807) is 12.3 Å². The number of aromatic nitrogens is 1. The third-order valence-electron chi connectivity index (χ3n) is 1.88. The molecule has 0 amide bonds. The third-order valence-corrected chi connectivity index (χ3v) is 1.88. The Hall–Kier alpha value is -1.33. The highest BCUT2D eigenvalue weighted by molar-refractivity contribution is 5.41. The molecule has 0 aliphatic carbocycles. The number of methoxy groups -OCH3 is 2. The predicted octanol–water partition coefficient (Wildman–Crippen LogP) is 0.0909. The smallest absolute Gasteiger partial charge is 0.222 e. The molecule has 0 saturated heterocycles. The van der Waals surface area contributed by atoms with Gasteiger partial charge in [-0.05, 0) is 6.07 Å². The largest absolute Gasteiger partial charge is 0.496 e. The van der Waals surface area contributed by atoms with E-state index in [9.17, 15) is 5.11 Å². The van der Waals surface area contributed by atoms with Crippen molar-refractivity contribution in [1.29, 1.82) is 0 Å². The molecule has 0 radical (unpaired) electrons. The molecule has 0 bridgehead atoms. The first-order valence-electron chi connectivity index (χ1n) is 4.19. The second-order valence-electron chi connectivity index (χ2n) is 2.69. The maximum atomic E-state index is 9.63. The van der Waals surface area contributed by atoms with Crippen LogP contribution in [0.4, 0.5) is 0 Å². The van der Waals surface area contributed by atoms with E-state index >= 15 is 0 Å². The molecule has 0 unspecified atom stereocenters. The van der Waals surface area contributed by atoms with Crippen molar-refractivity contribution in [3.05, 3.63) is 17.8 Å². The van der Waals surface area contributed by atoms with Gasteiger partial charge in [0.25, 0.3) is 0 Å². The van der Waals surface area contributed by atoms with Crippen molar-refractivity contribution in [1.82, 2.24) is 4.98 Å². The molecule has 5 heteroatoms. The number of rotatable bonds is 4. The Kier molecular flexibility index (Phi) is 3.67. The molecule has 14 heavy (non-hydrogen) atoms. The quantitative estimate of drug-likeness (QED) is 0.717. The van der Waals surface area contributed by atoms with Gasteiger partial charge in [-0.1, -0.05) is 0 Å². The zero-order chi connectivity index (χ0) is 10.6. The van der Waals surface area contributed by atoms with Crippen molar-refractivity contribution < 1.29 is 14.6 Å². The number of aliphatic hydroxyl groups excluding tert-OH is 1. The second kappa shape index (κ2) is 4.78. The highest BCUT2D eigenvalue weighted by Crippen LogP contribution is 2.31. The van der Waals surface area contributed by atoms with Crippen LogP contribution in [0.2, 0.25) is 0 Å². The maximum Gasteiger partial charge on any atom is 0.222 e. The zero-order valence-corrected chi connectivity index (χ0v) is 8.23. The highest BCUT2D eigenvalue weighted by atomic mass is 16.5. The van der Waals surface area contributed by atoms with E-state index in [4.69, 9.17) is 15.2 Å². The standard InChI is InChI=1S/C9H14N2O3/c1-13-7-3-4-11-9(14-2)8(7)6(12)5-10/h3-4,6,12H,5,10H2,1-2H3/t6-/m1/s1. The van der Waals surface area contributed by atoms with Crippen LogP contribution in [-0.2, 0) is 0 Å². The molecular formula is C9H14N2O3. The topological polar surface area (TPSA) is 77.6 Å². The number of nitrogens with two attached hydrogens (primary N) is 1. The van der Waals surface area contributed by atoms with Crippen LogP contribution >= 0.6 is 0 Å². The van der Waals surface area contributed by atoms with Gasteiger partial charge >= 0.3 is 0 Å². The minimum absolute atomic E-state index is 0.0956. The lowest BCUT2D eigenvalue weighted by molar-refractivity contribution is 0.176. The summed E-state index contributed by atoms with van der Waals surface area (Å²) in [6, 6.07) is 1.65. The Morgan fingerprint density at radius 2 is 2.21 bits per heavy atom. The molecule has 78 valence electrons. The highest BCUT2D eigenvalue weighted by Gasteiger charge is 2.18. The van der Waals surface area contributed by atoms with Gasteiger partial charge in [-0.3, -0.25) is 0 Å². The van der Waals surface area contributed by atoms with E-state index in [0.29, 0.717) is 17.2 Å². The van der Waals surface area contributed by atoms with Crippen molar-refractivity contribution in [3.8, 4) is 11.6 Å². The van der Waals surface area contributed by atoms with E-state index in [-0.39, 0.29) is 6.54 Å². The third kappa shape index (κ3) is 1.94. The number of hydrogen-bond acceptors (Lipinski definition) is 5. The Morgan fingerprint density at radius 1 is 1.50 bits per heavy atom. The van der Waals surface area contributed by atoms with Crippen LogP contribution in [0.3, 0.4) is 0 Å². The molecule has 0 fully saturated rings. The van der Waals surface area contributed by atoms with Crippen LogP contribution in [0.5, 0.6) is 11.6 Å². The summed E-state index contributed by atoms with van der Waals surface area (Å²) in [7, 11) is 3.00. The predicted molar refractivity (Wildman–Crippen MR) is 51.4 cm³/mol. The molecule has 0 aromatic carbocycles. The summed E-state index contributed by atoms with van der Waals surface area (Å²) in [6.07, 6.45) is 0.721. The molecule has 3 N–H and O–H groups in total. The van der Waals surface area contributed by atoms with E-state index < -0.39 is 6.10 Å². The maximum absolute atomic E-state index is 9.63. The number of nitrogens with zero attached hydrogens (tertiary/aromatic N) is 1. The Balaban J connectivity index is 3.18. The van der Waals surface area contributed by atoms with Crippen molar-refractivity contribution in [2.75, 3.05) is 20.8 Å². The Bertz CT molecular complexity index is 282. The van der Waals surface area contributed by atoms with Gasteiger partial charge in [-0.25, -0.2) is 4.98 Å². The summed E-state index contributed by atoms with van der Waals surface area (Å²) in [6.45, 7) is 0.0956. The first kappa shape index (κ1) is 10.7. The summed E-state index contributed by atoms with van der Waals surface area (Å²) in [5.74, 6) is 0.858. The lowest BCUT2D eigenvalue weighted by Crippen LogP contribution is -2.14. The summed E-state index contributed by atoms with van der Waals surface area (Å²) in [5.41, 5.74) is 5.85. The van der Waals surface area contributed by atoms with Crippen LogP contribution in [-0.4, -0.2) is 30.9 Å². The molecule has 0 aliphatic heterocycles. The summed E-state index contributed by atoms with van der Waals surface area (Å²) >= 11 is 0. The molecule has 1 aromatic rings. The van der Waals surface area contributed by atoms with E-state index in [2.05, 4.69) is 4.98 Å². The summed E-state index contributed by atoms with van der Waals surface area (Å²) in [5, 5.41) is 9.63. The number of ether oxygens (including phenoxy) is 2. The second-order valence-corrected chi connectivity index (χ2v) is 2.69. The molecule has 0 aliphatic rings. The molecule has 1 aromatic heterocycles. The number of hydrogen-bond donors (Lipinski definition) is 2. The van der Waals surface area contributed by atoms with Crippen molar-refractivity contribution >= 4 is 0 Å². The van der Waals surface area contributed by atoms with Gasteiger partial charge in [0.15, 0.2) is 0 Å². The van der Waals surface area contributed by atoms with Gasteiger partial charge in [0.2, 0.25) is 5.88 Å². The molecule has 0 spiro atoms. The van der Waals surface area contributed by atoms with Crippen LogP contribution in [0.1, 0.15) is 11.7 Å². The van der Waals surface area contributed by atoms with Gasteiger partial charge in [0, 0.05) is 12.7 Å². The van der Waals surface area contributed by atoms with Crippen LogP contribution < -0.4 is 15.2 Å². The summed E-state index contributed by atoms with van der Waals surface area (Å²) < 4.78 is 10.1. The first-order chi connectivity index (χ1) is 6.74. The van der Waals surface area contributed by atoms with Crippen LogP contribution in [0.25, 0.3) is 0 Å². The molecule has 0 saturated carbocycles. The van der Waals surface area contributed by atoms with Gasteiger partial charge in [0.05, 0.1) is 19.8 Å². The minimum atomic E-state index is -0.825. The summed E-state index contributed by atoms with van der Waals surface area (Å²) in [4.78, 5) is 3.96. The van der Waals surface area contributed by atoms with Gasteiger partial charge < -0.3 is 20.3 Å². The van der Waals surface area contributed by atoms with Gasteiger partial charge in [0.1, 0.15) is 11.9 Å². The minimum Gasteiger partial charge on any atom is -0.496 e. The molecule has 1 rings (SSSR count). The fourth-order valence-electron chi connectivity index (χ4n) is 1.20. The Morgan fingerprint density at radius 3 is 2.71 bits per heavy atom. The number of pyridine rings is 1. The van der Waals surface area contributed by atoms with Crippen molar-refractivity contribution in [2.24, 2.45) is 5.73 Å². The van der Waals surface area contributed by atoms with Crippen molar-refractivity contribution in [3.63, 3.8) is 0 Å². The lowest BCUT2D eigenvalue weighted by atomic mass is 10.1.